The Morgan fingerprint density at radius 1 is 1.14 bits per heavy atom. The quantitative estimate of drug-likeness (QED) is 0.859. The minimum absolute atomic E-state index is 0.0632. The summed E-state index contributed by atoms with van der Waals surface area (Å²) in [6.07, 6.45) is 0. The Balaban J connectivity index is 2.14. The molecule has 0 aliphatic carbocycles. The van der Waals surface area contributed by atoms with Gasteiger partial charge in [-0.3, -0.25) is 0 Å². The number of rotatable bonds is 6. The van der Waals surface area contributed by atoms with Crippen LogP contribution in [0.1, 0.15) is 29.9 Å². The van der Waals surface area contributed by atoms with Gasteiger partial charge >= 0.3 is 0 Å². The lowest BCUT2D eigenvalue weighted by Gasteiger charge is -2.13. The zero-order valence-corrected chi connectivity index (χ0v) is 13.2. The highest BCUT2D eigenvalue weighted by molar-refractivity contribution is 7.89. The molecule has 2 rings (SSSR count). The summed E-state index contributed by atoms with van der Waals surface area (Å²) >= 11 is 0. The number of furan rings is 1. The second kappa shape index (κ2) is 6.43. The van der Waals surface area contributed by atoms with Crippen LogP contribution >= 0.6 is 0 Å². The first-order chi connectivity index (χ1) is 9.92. The predicted octanol–water partition coefficient (Wildman–Crippen LogP) is 2.35. The molecule has 0 radical (unpaired) electrons. The average molecular weight is 308 g/mol. The van der Waals surface area contributed by atoms with E-state index < -0.39 is 10.0 Å². The number of benzene rings is 1. The summed E-state index contributed by atoms with van der Waals surface area (Å²) in [5.74, 6) is 0.584. The van der Waals surface area contributed by atoms with Gasteiger partial charge in [-0.05, 0) is 38.6 Å². The normalized spacial score (nSPS) is 13.3. The molecule has 0 aliphatic rings. The van der Waals surface area contributed by atoms with Gasteiger partial charge in [-0.2, -0.15) is 0 Å². The van der Waals surface area contributed by atoms with Gasteiger partial charge < -0.3 is 9.73 Å². The molecule has 0 saturated carbocycles. The summed E-state index contributed by atoms with van der Waals surface area (Å²) < 4.78 is 32.5. The van der Waals surface area contributed by atoms with Crippen molar-refractivity contribution >= 4 is 10.0 Å². The molecule has 0 spiro atoms. The zero-order valence-electron chi connectivity index (χ0n) is 12.4. The zero-order chi connectivity index (χ0) is 15.5. The number of aryl methyl sites for hydroxylation is 1. The summed E-state index contributed by atoms with van der Waals surface area (Å²) in [4.78, 5) is 0. The summed E-state index contributed by atoms with van der Waals surface area (Å²) in [7, 11) is -1.89. The topological polar surface area (TPSA) is 71.3 Å². The standard InChI is InChI=1S/C15H20N2O3S/c1-11-4-6-13(7-5-11)12(2)17-21(18,19)15-9-8-14(20-15)10-16-3/h4-9,12,16-17H,10H2,1-3H3. The molecular weight excluding hydrogens is 288 g/mol. The van der Waals surface area contributed by atoms with Gasteiger partial charge in [0.2, 0.25) is 5.09 Å². The Labute approximate surface area is 125 Å². The maximum atomic E-state index is 12.3. The van der Waals surface area contributed by atoms with Gasteiger partial charge in [0.15, 0.2) is 0 Å². The van der Waals surface area contributed by atoms with Crippen LogP contribution < -0.4 is 10.0 Å². The molecule has 0 bridgehead atoms. The van der Waals surface area contributed by atoms with Crippen molar-refractivity contribution in [3.63, 3.8) is 0 Å². The maximum absolute atomic E-state index is 12.3. The van der Waals surface area contributed by atoms with Crippen LogP contribution in [0.25, 0.3) is 0 Å². The van der Waals surface area contributed by atoms with Gasteiger partial charge in [0.25, 0.3) is 10.0 Å². The van der Waals surface area contributed by atoms with E-state index in [1.54, 1.807) is 20.0 Å². The molecule has 1 heterocycles. The van der Waals surface area contributed by atoms with E-state index in [2.05, 4.69) is 10.0 Å². The van der Waals surface area contributed by atoms with E-state index in [4.69, 9.17) is 4.42 Å². The first-order valence-electron chi connectivity index (χ1n) is 6.74. The average Bonchev–Trinajstić information content (AvgIpc) is 2.89. The van der Waals surface area contributed by atoms with Crippen LogP contribution in [0, 0.1) is 6.92 Å². The van der Waals surface area contributed by atoms with Crippen molar-refractivity contribution in [3.05, 3.63) is 53.3 Å². The van der Waals surface area contributed by atoms with Crippen molar-refractivity contribution in [2.75, 3.05) is 7.05 Å². The third-order valence-corrected chi connectivity index (χ3v) is 4.58. The van der Waals surface area contributed by atoms with E-state index >= 15 is 0 Å². The summed E-state index contributed by atoms with van der Waals surface area (Å²) in [5.41, 5.74) is 2.04. The molecule has 1 aromatic heterocycles. The first-order valence-corrected chi connectivity index (χ1v) is 8.23. The lowest BCUT2D eigenvalue weighted by atomic mass is 10.1. The third-order valence-electron chi connectivity index (χ3n) is 3.16. The highest BCUT2D eigenvalue weighted by Crippen LogP contribution is 2.19. The Hall–Kier alpha value is -1.63. The number of hydrogen-bond donors (Lipinski definition) is 2. The fourth-order valence-electron chi connectivity index (χ4n) is 1.99. The molecule has 114 valence electrons. The number of nitrogens with one attached hydrogen (secondary N) is 2. The molecule has 0 fully saturated rings. The Kier molecular flexibility index (Phi) is 4.82. The van der Waals surface area contributed by atoms with Crippen molar-refractivity contribution in [1.82, 2.24) is 10.0 Å². The maximum Gasteiger partial charge on any atom is 0.274 e. The summed E-state index contributed by atoms with van der Waals surface area (Å²) in [5, 5.41) is 2.85. The van der Waals surface area contributed by atoms with Crippen LogP contribution in [0.3, 0.4) is 0 Å². The van der Waals surface area contributed by atoms with Crippen molar-refractivity contribution in [1.29, 1.82) is 0 Å². The van der Waals surface area contributed by atoms with Crippen LogP contribution in [0.2, 0.25) is 0 Å². The molecule has 0 saturated heterocycles. The molecule has 5 nitrogen and oxygen atoms in total. The van der Waals surface area contributed by atoms with Crippen molar-refractivity contribution in [3.8, 4) is 0 Å². The summed E-state index contributed by atoms with van der Waals surface area (Å²) in [6.45, 7) is 4.29. The molecular formula is C15H20N2O3S. The lowest BCUT2D eigenvalue weighted by Crippen LogP contribution is -2.26. The minimum atomic E-state index is -3.66. The van der Waals surface area contributed by atoms with Crippen molar-refractivity contribution in [2.24, 2.45) is 0 Å². The Morgan fingerprint density at radius 2 is 1.81 bits per heavy atom. The van der Waals surface area contributed by atoms with Gasteiger partial charge in [-0.1, -0.05) is 29.8 Å². The number of hydrogen-bond acceptors (Lipinski definition) is 4. The van der Waals surface area contributed by atoms with E-state index in [0.717, 1.165) is 11.1 Å². The third kappa shape index (κ3) is 3.93. The van der Waals surface area contributed by atoms with Crippen LogP contribution in [-0.4, -0.2) is 15.5 Å². The fraction of sp³-hybridized carbons (Fsp3) is 0.333. The van der Waals surface area contributed by atoms with E-state index in [1.807, 2.05) is 31.2 Å². The van der Waals surface area contributed by atoms with E-state index in [-0.39, 0.29) is 11.1 Å². The first kappa shape index (κ1) is 15.8. The van der Waals surface area contributed by atoms with Crippen molar-refractivity contribution in [2.45, 2.75) is 31.5 Å². The minimum Gasteiger partial charge on any atom is -0.447 e. The largest absolute Gasteiger partial charge is 0.447 e. The summed E-state index contributed by atoms with van der Waals surface area (Å²) in [6, 6.07) is 10.5. The van der Waals surface area contributed by atoms with Gasteiger partial charge in [-0.15, -0.1) is 0 Å². The number of sulfonamides is 1. The second-order valence-corrected chi connectivity index (χ2v) is 6.65. The highest BCUT2D eigenvalue weighted by Gasteiger charge is 2.21. The van der Waals surface area contributed by atoms with E-state index in [1.165, 1.54) is 6.07 Å². The van der Waals surface area contributed by atoms with Gasteiger partial charge in [0, 0.05) is 6.04 Å². The highest BCUT2D eigenvalue weighted by atomic mass is 32.2. The van der Waals surface area contributed by atoms with Crippen LogP contribution in [0.15, 0.2) is 45.9 Å². The lowest BCUT2D eigenvalue weighted by molar-refractivity contribution is 0.403. The molecule has 6 heteroatoms. The Bertz CT molecular complexity index is 690. The molecule has 0 aliphatic heterocycles. The van der Waals surface area contributed by atoms with Crippen LogP contribution in [0.5, 0.6) is 0 Å². The smallest absolute Gasteiger partial charge is 0.274 e. The monoisotopic (exact) mass is 308 g/mol. The van der Waals surface area contributed by atoms with E-state index in [0.29, 0.717) is 12.3 Å². The molecule has 2 N–H and O–H groups in total. The van der Waals surface area contributed by atoms with Gasteiger partial charge in [0.1, 0.15) is 5.76 Å². The van der Waals surface area contributed by atoms with E-state index in [9.17, 15) is 8.42 Å². The predicted molar refractivity (Wildman–Crippen MR) is 81.4 cm³/mol. The molecule has 1 atom stereocenters. The molecule has 2 aromatic rings. The fourth-order valence-corrected chi connectivity index (χ4v) is 3.17. The Morgan fingerprint density at radius 3 is 2.43 bits per heavy atom. The second-order valence-electron chi connectivity index (χ2n) is 5.00. The molecule has 21 heavy (non-hydrogen) atoms. The van der Waals surface area contributed by atoms with Crippen LogP contribution in [0.4, 0.5) is 0 Å². The van der Waals surface area contributed by atoms with Gasteiger partial charge in [0.05, 0.1) is 6.54 Å². The van der Waals surface area contributed by atoms with Crippen LogP contribution in [-0.2, 0) is 16.6 Å². The molecule has 1 unspecified atom stereocenters. The molecule has 0 amide bonds. The van der Waals surface area contributed by atoms with Crippen molar-refractivity contribution < 1.29 is 12.8 Å². The van der Waals surface area contributed by atoms with Gasteiger partial charge in [-0.25, -0.2) is 13.1 Å². The SMILES string of the molecule is CNCc1ccc(S(=O)(=O)NC(C)c2ccc(C)cc2)o1. The molecule has 1 aromatic carbocycles.